The Balaban J connectivity index is 1.38. The predicted molar refractivity (Wildman–Crippen MR) is 147 cm³/mol. The van der Waals surface area contributed by atoms with Crippen LogP contribution in [0.4, 0.5) is 5.69 Å². The van der Waals surface area contributed by atoms with Crippen molar-refractivity contribution in [1.82, 2.24) is 15.2 Å². The molecular formula is C29H28N4O3S. The van der Waals surface area contributed by atoms with Crippen molar-refractivity contribution in [2.75, 3.05) is 18.5 Å². The number of furan rings is 1. The van der Waals surface area contributed by atoms with E-state index in [0.29, 0.717) is 18.3 Å². The number of carbonyl (C=O) groups excluding carboxylic acids is 1. The summed E-state index contributed by atoms with van der Waals surface area (Å²) in [7, 11) is 0. The first kappa shape index (κ1) is 24.5. The fourth-order valence-corrected chi connectivity index (χ4v) is 4.80. The Labute approximate surface area is 221 Å². The standard InChI is InChI=1S/C29H28N4O3S/c1-2-35-22-13-11-20(12-14-22)24-15-16-25(36-24)28-27(23-10-6-7-18-30-23)32-29(37)33(28)19-17-26(34)31-21-8-4-3-5-9-21/h3-16,18,27-28H,2,17,19H2,1H3,(H,31,34)(H,32,37)/t27-,28+/m1/s1. The molecule has 0 saturated carbocycles. The SMILES string of the molecule is CCOc1ccc(-c2ccc([C@H]3[C@@H](c4ccccn4)NC(=S)N3CCC(=O)Nc3ccccc3)o2)cc1. The van der Waals surface area contributed by atoms with Crippen LogP contribution in [0.15, 0.2) is 95.5 Å². The number of hydrogen-bond donors (Lipinski definition) is 2. The van der Waals surface area contributed by atoms with Crippen LogP contribution in [0.3, 0.4) is 0 Å². The molecule has 7 nitrogen and oxygen atoms in total. The zero-order chi connectivity index (χ0) is 25.6. The molecule has 37 heavy (non-hydrogen) atoms. The van der Waals surface area contributed by atoms with Gasteiger partial charge in [-0.25, -0.2) is 0 Å². The summed E-state index contributed by atoms with van der Waals surface area (Å²) in [4.78, 5) is 19.3. The van der Waals surface area contributed by atoms with Gasteiger partial charge < -0.3 is 24.7 Å². The Bertz CT molecular complexity index is 1340. The predicted octanol–water partition coefficient (Wildman–Crippen LogP) is 5.74. The average Bonchev–Trinajstić information content (AvgIpc) is 3.54. The summed E-state index contributed by atoms with van der Waals surface area (Å²) < 4.78 is 11.9. The van der Waals surface area contributed by atoms with E-state index < -0.39 is 0 Å². The molecule has 0 spiro atoms. The maximum Gasteiger partial charge on any atom is 0.226 e. The van der Waals surface area contributed by atoms with Crippen LogP contribution < -0.4 is 15.4 Å². The van der Waals surface area contributed by atoms with E-state index in [1.165, 1.54) is 0 Å². The summed E-state index contributed by atoms with van der Waals surface area (Å²) >= 11 is 5.72. The van der Waals surface area contributed by atoms with Gasteiger partial charge in [0.25, 0.3) is 0 Å². The maximum absolute atomic E-state index is 12.7. The van der Waals surface area contributed by atoms with Crippen molar-refractivity contribution < 1.29 is 13.9 Å². The van der Waals surface area contributed by atoms with Crippen molar-refractivity contribution in [3.63, 3.8) is 0 Å². The lowest BCUT2D eigenvalue weighted by atomic mass is 10.0. The second kappa shape index (κ2) is 11.3. The number of nitrogens with one attached hydrogen (secondary N) is 2. The molecule has 1 aliphatic rings. The lowest BCUT2D eigenvalue weighted by Gasteiger charge is -2.25. The van der Waals surface area contributed by atoms with Gasteiger partial charge in [-0.05, 0) is 79.8 Å². The van der Waals surface area contributed by atoms with Crippen LogP contribution in [0.1, 0.15) is 36.9 Å². The molecule has 1 fully saturated rings. The summed E-state index contributed by atoms with van der Waals surface area (Å²) in [6.45, 7) is 3.01. The third-order valence-electron chi connectivity index (χ3n) is 6.20. The molecule has 1 aliphatic heterocycles. The third-order valence-corrected chi connectivity index (χ3v) is 6.56. The first-order valence-corrected chi connectivity index (χ1v) is 12.7. The molecule has 188 valence electrons. The van der Waals surface area contributed by atoms with Crippen LogP contribution >= 0.6 is 12.2 Å². The Morgan fingerprint density at radius 3 is 2.57 bits per heavy atom. The van der Waals surface area contributed by atoms with E-state index in [9.17, 15) is 4.79 Å². The van der Waals surface area contributed by atoms with E-state index in [1.54, 1.807) is 6.20 Å². The molecule has 1 amide bonds. The van der Waals surface area contributed by atoms with E-state index in [4.69, 9.17) is 21.4 Å². The molecule has 0 unspecified atom stereocenters. The zero-order valence-electron chi connectivity index (χ0n) is 20.5. The van der Waals surface area contributed by atoms with Gasteiger partial charge in [0.2, 0.25) is 5.91 Å². The second-order valence-electron chi connectivity index (χ2n) is 8.64. The first-order chi connectivity index (χ1) is 18.1. The van der Waals surface area contributed by atoms with Gasteiger partial charge >= 0.3 is 0 Å². The number of anilines is 1. The van der Waals surface area contributed by atoms with Crippen LogP contribution in [0.2, 0.25) is 0 Å². The largest absolute Gasteiger partial charge is 0.494 e. The highest BCUT2D eigenvalue weighted by Crippen LogP contribution is 2.40. The number of hydrogen-bond acceptors (Lipinski definition) is 5. The first-order valence-electron chi connectivity index (χ1n) is 12.3. The Hall–Kier alpha value is -4.17. The van der Waals surface area contributed by atoms with Gasteiger partial charge in [0.05, 0.1) is 18.3 Å². The summed E-state index contributed by atoms with van der Waals surface area (Å²) in [5.74, 6) is 2.23. The van der Waals surface area contributed by atoms with Crippen molar-refractivity contribution in [2.45, 2.75) is 25.4 Å². The van der Waals surface area contributed by atoms with Crippen LogP contribution in [0.5, 0.6) is 5.75 Å². The van der Waals surface area contributed by atoms with Crippen LogP contribution in [-0.2, 0) is 4.79 Å². The Kier molecular flexibility index (Phi) is 7.46. The van der Waals surface area contributed by atoms with Crippen molar-refractivity contribution in [1.29, 1.82) is 0 Å². The topological polar surface area (TPSA) is 79.6 Å². The highest BCUT2D eigenvalue weighted by molar-refractivity contribution is 7.80. The highest BCUT2D eigenvalue weighted by atomic mass is 32.1. The summed E-state index contributed by atoms with van der Waals surface area (Å²) in [6.07, 6.45) is 2.04. The van der Waals surface area contributed by atoms with E-state index in [0.717, 1.165) is 34.2 Å². The number of thiocarbonyl (C=S) groups is 1. The number of benzene rings is 2. The second-order valence-corrected chi connectivity index (χ2v) is 9.03. The van der Waals surface area contributed by atoms with Crippen LogP contribution in [0, 0.1) is 0 Å². The van der Waals surface area contributed by atoms with E-state index in [1.807, 2.05) is 96.8 Å². The van der Waals surface area contributed by atoms with Gasteiger partial charge in [-0.15, -0.1) is 0 Å². The van der Waals surface area contributed by atoms with E-state index in [-0.39, 0.29) is 24.4 Å². The molecular weight excluding hydrogens is 484 g/mol. The van der Waals surface area contributed by atoms with Crippen LogP contribution in [0.25, 0.3) is 11.3 Å². The van der Waals surface area contributed by atoms with Gasteiger partial charge in [0.1, 0.15) is 23.3 Å². The number of aromatic nitrogens is 1. The lowest BCUT2D eigenvalue weighted by Crippen LogP contribution is -2.32. The fourth-order valence-electron chi connectivity index (χ4n) is 4.47. The van der Waals surface area contributed by atoms with Crippen molar-refractivity contribution in [3.8, 4) is 17.1 Å². The minimum atomic E-state index is -0.261. The third kappa shape index (κ3) is 5.65. The van der Waals surface area contributed by atoms with Gasteiger partial charge in [-0.3, -0.25) is 9.78 Å². The zero-order valence-corrected chi connectivity index (χ0v) is 21.3. The Morgan fingerprint density at radius 1 is 1.05 bits per heavy atom. The monoisotopic (exact) mass is 512 g/mol. The summed E-state index contributed by atoms with van der Waals surface area (Å²) in [5, 5.41) is 6.90. The number of carbonyl (C=O) groups is 1. The molecule has 1 saturated heterocycles. The van der Waals surface area contributed by atoms with E-state index >= 15 is 0 Å². The quantitative estimate of drug-likeness (QED) is 0.277. The number of pyridine rings is 1. The smallest absolute Gasteiger partial charge is 0.226 e. The highest BCUT2D eigenvalue weighted by Gasteiger charge is 2.41. The summed E-state index contributed by atoms with van der Waals surface area (Å²) in [6, 6.07) is 26.5. The summed E-state index contributed by atoms with van der Waals surface area (Å²) in [5.41, 5.74) is 2.57. The molecule has 5 rings (SSSR count). The molecule has 8 heteroatoms. The number of para-hydroxylation sites is 1. The molecule has 2 aromatic heterocycles. The molecule has 0 aliphatic carbocycles. The molecule has 4 aromatic rings. The molecule has 2 aromatic carbocycles. The maximum atomic E-state index is 12.7. The molecule has 2 atom stereocenters. The van der Waals surface area contributed by atoms with Gasteiger partial charge in [-0.1, -0.05) is 24.3 Å². The van der Waals surface area contributed by atoms with Crippen molar-refractivity contribution in [3.05, 3.63) is 103 Å². The van der Waals surface area contributed by atoms with E-state index in [2.05, 4.69) is 15.6 Å². The number of rotatable bonds is 9. The molecule has 0 radical (unpaired) electrons. The number of ether oxygens (including phenoxy) is 1. The number of nitrogens with zero attached hydrogens (tertiary/aromatic N) is 2. The molecule has 0 bridgehead atoms. The molecule has 2 N–H and O–H groups in total. The van der Waals surface area contributed by atoms with Crippen molar-refractivity contribution in [2.24, 2.45) is 0 Å². The van der Waals surface area contributed by atoms with Crippen molar-refractivity contribution >= 4 is 28.9 Å². The van der Waals surface area contributed by atoms with Crippen LogP contribution in [-0.4, -0.2) is 34.1 Å². The minimum absolute atomic E-state index is 0.0800. The van der Waals surface area contributed by atoms with Gasteiger partial charge in [0, 0.05) is 30.4 Å². The molecule has 3 heterocycles. The minimum Gasteiger partial charge on any atom is -0.494 e. The number of amides is 1. The average molecular weight is 513 g/mol. The fraction of sp³-hybridized carbons (Fsp3) is 0.207. The van der Waals surface area contributed by atoms with Gasteiger partial charge in [0.15, 0.2) is 5.11 Å². The van der Waals surface area contributed by atoms with Gasteiger partial charge in [-0.2, -0.15) is 0 Å². The Morgan fingerprint density at radius 2 is 1.84 bits per heavy atom. The lowest BCUT2D eigenvalue weighted by molar-refractivity contribution is -0.116. The normalized spacial score (nSPS) is 16.9.